The summed E-state index contributed by atoms with van der Waals surface area (Å²) in [6.45, 7) is 0. The third-order valence-electron chi connectivity index (χ3n) is 2.51. The van der Waals surface area contributed by atoms with Crippen LogP contribution in [0.4, 0.5) is 0 Å². The fourth-order valence-electron chi connectivity index (χ4n) is 1.59. The summed E-state index contributed by atoms with van der Waals surface area (Å²) >= 11 is 10.3. The summed E-state index contributed by atoms with van der Waals surface area (Å²) < 4.78 is 2.11. The maximum atomic E-state index is 12.2. The first-order valence-corrected chi connectivity index (χ1v) is 7.82. The van der Waals surface area contributed by atoms with Crippen molar-refractivity contribution in [2.75, 3.05) is 0 Å². The van der Waals surface area contributed by atoms with Crippen LogP contribution in [0.5, 0.6) is 0 Å². The lowest BCUT2D eigenvalue weighted by Gasteiger charge is -2.05. The van der Waals surface area contributed by atoms with Gasteiger partial charge >= 0.3 is 0 Å². The van der Waals surface area contributed by atoms with Gasteiger partial charge in [0.15, 0.2) is 5.78 Å². The van der Waals surface area contributed by atoms with Gasteiger partial charge in [0.1, 0.15) is 0 Å². The summed E-state index contributed by atoms with van der Waals surface area (Å²) in [6, 6.07) is 13.4. The van der Waals surface area contributed by atoms with E-state index in [-0.39, 0.29) is 5.78 Å². The van der Waals surface area contributed by atoms with E-state index < -0.39 is 0 Å². The normalized spacial score (nSPS) is 10.4. The number of carbonyl (C=O) groups excluding carboxylic acids is 1. The Morgan fingerprint density at radius 2 is 1.72 bits per heavy atom. The second-order valence-corrected chi connectivity index (χ2v) is 6.69. The van der Waals surface area contributed by atoms with E-state index in [1.165, 1.54) is 3.57 Å². The topological polar surface area (TPSA) is 17.1 Å². The van der Waals surface area contributed by atoms with Crippen molar-refractivity contribution in [2.45, 2.75) is 6.42 Å². The van der Waals surface area contributed by atoms with Crippen LogP contribution in [-0.2, 0) is 6.42 Å². The predicted octanol–water partition coefficient (Wildman–Crippen LogP) is 4.97. The molecule has 0 aliphatic rings. The maximum Gasteiger partial charge on any atom is 0.168 e. The van der Waals surface area contributed by atoms with Crippen LogP contribution in [0, 0.1) is 7.14 Å². The molecule has 18 heavy (non-hydrogen) atoms. The van der Waals surface area contributed by atoms with E-state index in [0.29, 0.717) is 17.0 Å². The molecule has 0 fully saturated rings. The summed E-state index contributed by atoms with van der Waals surface area (Å²) in [5.74, 6) is 0.100. The fraction of sp³-hybridized carbons (Fsp3) is 0.0714. The number of Topliss-reactive ketones (excluding diaryl/α,β-unsaturated/α-hetero) is 1. The first kappa shape index (κ1) is 14.3. The summed E-state index contributed by atoms with van der Waals surface area (Å²) in [5.41, 5.74) is 1.72. The molecule has 2 rings (SSSR count). The number of rotatable bonds is 3. The zero-order valence-corrected chi connectivity index (χ0v) is 14.4. The highest BCUT2D eigenvalue weighted by Gasteiger charge is 2.11. The Morgan fingerprint density at radius 3 is 2.39 bits per heavy atom. The highest BCUT2D eigenvalue weighted by molar-refractivity contribution is 14.1. The van der Waals surface area contributed by atoms with E-state index in [1.807, 2.05) is 30.3 Å². The van der Waals surface area contributed by atoms with Gasteiger partial charge in [-0.15, -0.1) is 0 Å². The van der Waals surface area contributed by atoms with Gasteiger partial charge in [-0.25, -0.2) is 0 Å². The maximum absolute atomic E-state index is 12.2. The van der Waals surface area contributed by atoms with Gasteiger partial charge in [-0.3, -0.25) is 4.79 Å². The standard InChI is InChI=1S/C14H9ClI2O/c15-10-3-6-13(17)12(8-10)14(18)7-9-1-4-11(16)5-2-9/h1-6,8H,7H2. The number of benzene rings is 2. The average molecular weight is 482 g/mol. The third kappa shape index (κ3) is 3.68. The van der Waals surface area contributed by atoms with Crippen molar-refractivity contribution in [3.63, 3.8) is 0 Å². The van der Waals surface area contributed by atoms with Crippen LogP contribution in [-0.4, -0.2) is 5.78 Å². The van der Waals surface area contributed by atoms with E-state index in [1.54, 1.807) is 12.1 Å². The second-order valence-electron chi connectivity index (χ2n) is 3.85. The molecule has 0 heterocycles. The molecule has 0 amide bonds. The van der Waals surface area contributed by atoms with Gasteiger partial charge in [0.2, 0.25) is 0 Å². The monoisotopic (exact) mass is 482 g/mol. The lowest BCUT2D eigenvalue weighted by Crippen LogP contribution is -2.05. The zero-order valence-electron chi connectivity index (χ0n) is 9.29. The Kier molecular flexibility index (Phi) is 5.03. The molecule has 2 aromatic rings. The molecular weight excluding hydrogens is 473 g/mol. The lowest BCUT2D eigenvalue weighted by molar-refractivity contribution is 0.0992. The Labute approximate surface area is 138 Å². The molecule has 2 aromatic carbocycles. The number of hydrogen-bond acceptors (Lipinski definition) is 1. The molecule has 0 spiro atoms. The summed E-state index contributed by atoms with van der Waals surface area (Å²) in [5, 5.41) is 0.598. The molecule has 1 nitrogen and oxygen atoms in total. The van der Waals surface area contributed by atoms with Crippen molar-refractivity contribution < 1.29 is 4.79 Å². The SMILES string of the molecule is O=C(Cc1ccc(I)cc1)c1cc(Cl)ccc1I. The molecule has 0 atom stereocenters. The van der Waals surface area contributed by atoms with Crippen molar-refractivity contribution in [3.05, 3.63) is 65.8 Å². The van der Waals surface area contributed by atoms with Crippen LogP contribution in [0.1, 0.15) is 15.9 Å². The summed E-state index contributed by atoms with van der Waals surface area (Å²) in [7, 11) is 0. The van der Waals surface area contributed by atoms with Gasteiger partial charge in [-0.1, -0.05) is 23.7 Å². The zero-order chi connectivity index (χ0) is 13.1. The molecule has 0 radical (unpaired) electrons. The summed E-state index contributed by atoms with van der Waals surface area (Å²) in [6.07, 6.45) is 0.410. The van der Waals surface area contributed by atoms with Crippen LogP contribution < -0.4 is 0 Å². The molecular formula is C14H9ClI2O. The molecule has 92 valence electrons. The van der Waals surface area contributed by atoms with Crippen molar-refractivity contribution in [2.24, 2.45) is 0 Å². The van der Waals surface area contributed by atoms with Crippen molar-refractivity contribution in [3.8, 4) is 0 Å². The second kappa shape index (κ2) is 6.34. The van der Waals surface area contributed by atoms with E-state index in [0.717, 1.165) is 9.13 Å². The van der Waals surface area contributed by atoms with Gasteiger partial charge in [0.05, 0.1) is 0 Å². The lowest BCUT2D eigenvalue weighted by atomic mass is 10.0. The first-order chi connectivity index (χ1) is 8.56. The minimum atomic E-state index is 0.100. The molecule has 0 aliphatic heterocycles. The predicted molar refractivity (Wildman–Crippen MR) is 91.4 cm³/mol. The van der Waals surface area contributed by atoms with Gasteiger partial charge in [0.25, 0.3) is 0 Å². The van der Waals surface area contributed by atoms with Gasteiger partial charge in [-0.2, -0.15) is 0 Å². The highest BCUT2D eigenvalue weighted by atomic mass is 127. The van der Waals surface area contributed by atoms with Crippen molar-refractivity contribution in [1.29, 1.82) is 0 Å². The Balaban J connectivity index is 2.21. The third-order valence-corrected chi connectivity index (χ3v) is 4.40. The smallest absolute Gasteiger partial charge is 0.168 e. The fourth-order valence-corrected chi connectivity index (χ4v) is 2.76. The molecule has 0 aliphatic carbocycles. The van der Waals surface area contributed by atoms with Crippen molar-refractivity contribution in [1.82, 2.24) is 0 Å². The number of carbonyl (C=O) groups is 1. The quantitative estimate of drug-likeness (QED) is 0.446. The van der Waals surface area contributed by atoms with Crippen LogP contribution in [0.25, 0.3) is 0 Å². The Morgan fingerprint density at radius 1 is 1.06 bits per heavy atom. The van der Waals surface area contributed by atoms with E-state index in [2.05, 4.69) is 45.2 Å². The van der Waals surface area contributed by atoms with Crippen LogP contribution in [0.15, 0.2) is 42.5 Å². The molecule has 0 saturated heterocycles. The van der Waals surface area contributed by atoms with Crippen molar-refractivity contribution >= 4 is 62.6 Å². The Bertz CT molecular complexity index is 579. The molecule has 0 unspecified atom stereocenters. The van der Waals surface area contributed by atoms with Gasteiger partial charge in [0, 0.05) is 24.1 Å². The largest absolute Gasteiger partial charge is 0.294 e. The first-order valence-electron chi connectivity index (χ1n) is 5.29. The highest BCUT2D eigenvalue weighted by Crippen LogP contribution is 2.20. The van der Waals surface area contributed by atoms with Gasteiger partial charge in [-0.05, 0) is 81.1 Å². The van der Waals surface area contributed by atoms with E-state index >= 15 is 0 Å². The van der Waals surface area contributed by atoms with Crippen LogP contribution >= 0.6 is 56.8 Å². The minimum absolute atomic E-state index is 0.100. The minimum Gasteiger partial charge on any atom is -0.294 e. The van der Waals surface area contributed by atoms with Crippen LogP contribution in [0.3, 0.4) is 0 Å². The number of halogens is 3. The van der Waals surface area contributed by atoms with Crippen LogP contribution in [0.2, 0.25) is 5.02 Å². The van der Waals surface area contributed by atoms with E-state index in [4.69, 9.17) is 11.6 Å². The average Bonchev–Trinajstić information content (AvgIpc) is 2.35. The molecule has 0 N–H and O–H groups in total. The van der Waals surface area contributed by atoms with E-state index in [9.17, 15) is 4.79 Å². The molecule has 0 bridgehead atoms. The molecule has 0 aromatic heterocycles. The van der Waals surface area contributed by atoms with Gasteiger partial charge < -0.3 is 0 Å². The number of ketones is 1. The number of hydrogen-bond donors (Lipinski definition) is 0. The Hall–Kier alpha value is -0.140. The molecule has 4 heteroatoms. The molecule has 0 saturated carbocycles. The summed E-state index contributed by atoms with van der Waals surface area (Å²) in [4.78, 5) is 12.2.